The van der Waals surface area contributed by atoms with Gasteiger partial charge in [0.25, 0.3) is 0 Å². The summed E-state index contributed by atoms with van der Waals surface area (Å²) in [5, 5.41) is 20.1. The fourth-order valence-corrected chi connectivity index (χ4v) is 2.41. The molecular weight excluding hydrogens is 254 g/mol. The quantitative estimate of drug-likeness (QED) is 0.821. The highest BCUT2D eigenvalue weighted by molar-refractivity contribution is 5.91. The highest BCUT2D eigenvalue weighted by Gasteiger charge is 2.39. The number of carbonyl (C=O) groups is 1. The van der Waals surface area contributed by atoms with Crippen LogP contribution in [0.15, 0.2) is 36.4 Å². The number of benzene rings is 1. The molecule has 0 saturated carbocycles. The minimum Gasteiger partial charge on any atom is -0.388 e. The molecule has 1 aromatic rings. The Morgan fingerprint density at radius 2 is 2.15 bits per heavy atom. The topological polar surface area (TPSA) is 60.8 Å². The van der Waals surface area contributed by atoms with E-state index >= 15 is 0 Å². The van der Waals surface area contributed by atoms with Gasteiger partial charge in [0.05, 0.1) is 5.60 Å². The highest BCUT2D eigenvalue weighted by Crippen LogP contribution is 2.25. The SMILES string of the molecule is CC[C@@]1(O)CCN(C(=O)/C=C/c2ccccc2)C[C@H]1O. The second kappa shape index (κ2) is 6.20. The maximum atomic E-state index is 12.1. The maximum Gasteiger partial charge on any atom is 0.246 e. The Morgan fingerprint density at radius 1 is 1.45 bits per heavy atom. The predicted molar refractivity (Wildman–Crippen MR) is 77.9 cm³/mol. The second-order valence-corrected chi connectivity index (χ2v) is 5.25. The van der Waals surface area contributed by atoms with Gasteiger partial charge in [0, 0.05) is 19.2 Å². The van der Waals surface area contributed by atoms with Crippen LogP contribution in [0.1, 0.15) is 25.3 Å². The zero-order chi connectivity index (χ0) is 14.6. The highest BCUT2D eigenvalue weighted by atomic mass is 16.3. The molecule has 2 N–H and O–H groups in total. The van der Waals surface area contributed by atoms with Crippen molar-refractivity contribution < 1.29 is 15.0 Å². The van der Waals surface area contributed by atoms with Crippen LogP contribution in [0.25, 0.3) is 6.08 Å². The normalized spacial score (nSPS) is 26.9. The molecule has 0 radical (unpaired) electrons. The lowest BCUT2D eigenvalue weighted by Crippen LogP contribution is -2.56. The zero-order valence-electron chi connectivity index (χ0n) is 11.7. The van der Waals surface area contributed by atoms with E-state index in [4.69, 9.17) is 0 Å². The van der Waals surface area contributed by atoms with Crippen LogP contribution in [0.3, 0.4) is 0 Å². The molecule has 2 rings (SSSR count). The molecule has 0 aliphatic carbocycles. The van der Waals surface area contributed by atoms with Crippen molar-refractivity contribution in [1.82, 2.24) is 4.90 Å². The van der Waals surface area contributed by atoms with Crippen molar-refractivity contribution in [2.45, 2.75) is 31.5 Å². The fourth-order valence-electron chi connectivity index (χ4n) is 2.41. The molecule has 20 heavy (non-hydrogen) atoms. The molecule has 1 fully saturated rings. The summed E-state index contributed by atoms with van der Waals surface area (Å²) < 4.78 is 0. The number of rotatable bonds is 3. The van der Waals surface area contributed by atoms with Gasteiger partial charge in [-0.3, -0.25) is 4.79 Å². The van der Waals surface area contributed by atoms with E-state index in [-0.39, 0.29) is 12.5 Å². The number of hydrogen-bond acceptors (Lipinski definition) is 3. The van der Waals surface area contributed by atoms with Gasteiger partial charge < -0.3 is 15.1 Å². The standard InChI is InChI=1S/C16H21NO3/c1-2-16(20)10-11-17(12-14(16)18)15(19)9-8-13-6-4-3-5-7-13/h3-9,14,18,20H,2,10-12H2,1H3/b9-8+/t14-,16-/m1/s1. The maximum absolute atomic E-state index is 12.1. The summed E-state index contributed by atoms with van der Waals surface area (Å²) in [6.45, 7) is 2.50. The molecule has 1 aromatic carbocycles. The molecule has 0 unspecified atom stereocenters. The van der Waals surface area contributed by atoms with Gasteiger partial charge in [-0.05, 0) is 24.5 Å². The first-order chi connectivity index (χ1) is 9.55. The minimum atomic E-state index is -1.06. The Kier molecular flexibility index (Phi) is 4.57. The molecule has 1 saturated heterocycles. The van der Waals surface area contributed by atoms with E-state index in [0.717, 1.165) is 5.56 Å². The van der Waals surface area contributed by atoms with E-state index < -0.39 is 11.7 Å². The summed E-state index contributed by atoms with van der Waals surface area (Å²) in [4.78, 5) is 13.6. The van der Waals surface area contributed by atoms with Crippen LogP contribution in [-0.4, -0.2) is 45.8 Å². The van der Waals surface area contributed by atoms with E-state index in [2.05, 4.69) is 0 Å². The smallest absolute Gasteiger partial charge is 0.246 e. The molecule has 1 aliphatic rings. The molecule has 0 aromatic heterocycles. The molecular formula is C16H21NO3. The first-order valence-corrected chi connectivity index (χ1v) is 6.97. The number of nitrogens with zero attached hydrogens (tertiary/aromatic N) is 1. The molecule has 1 heterocycles. The summed E-state index contributed by atoms with van der Waals surface area (Å²) >= 11 is 0. The lowest BCUT2D eigenvalue weighted by molar-refractivity contribution is -0.145. The zero-order valence-corrected chi connectivity index (χ0v) is 11.7. The molecule has 4 nitrogen and oxygen atoms in total. The van der Waals surface area contributed by atoms with Gasteiger partial charge in [0.15, 0.2) is 0 Å². The van der Waals surface area contributed by atoms with E-state index in [1.165, 1.54) is 6.08 Å². The van der Waals surface area contributed by atoms with Crippen molar-refractivity contribution in [1.29, 1.82) is 0 Å². The van der Waals surface area contributed by atoms with E-state index in [0.29, 0.717) is 19.4 Å². The molecule has 0 spiro atoms. The number of carbonyl (C=O) groups excluding carboxylic acids is 1. The summed E-state index contributed by atoms with van der Waals surface area (Å²) in [6.07, 6.45) is 3.30. The summed E-state index contributed by atoms with van der Waals surface area (Å²) in [5.74, 6) is -0.133. The molecule has 1 amide bonds. The lowest BCUT2D eigenvalue weighted by atomic mass is 9.86. The first-order valence-electron chi connectivity index (χ1n) is 6.97. The third kappa shape index (κ3) is 3.26. The molecule has 4 heteroatoms. The number of aliphatic hydroxyl groups is 2. The first kappa shape index (κ1) is 14.8. The van der Waals surface area contributed by atoms with Crippen molar-refractivity contribution in [2.75, 3.05) is 13.1 Å². The number of likely N-dealkylation sites (tertiary alicyclic amines) is 1. The average Bonchev–Trinajstić information content (AvgIpc) is 2.48. The Bertz CT molecular complexity index is 486. The van der Waals surface area contributed by atoms with Crippen molar-refractivity contribution in [3.8, 4) is 0 Å². The Balaban J connectivity index is 1.96. The van der Waals surface area contributed by atoms with Crippen LogP contribution < -0.4 is 0 Å². The van der Waals surface area contributed by atoms with Gasteiger partial charge in [-0.25, -0.2) is 0 Å². The third-order valence-corrected chi connectivity index (χ3v) is 3.97. The number of aliphatic hydroxyl groups excluding tert-OH is 1. The van der Waals surface area contributed by atoms with Gasteiger partial charge in [-0.1, -0.05) is 37.3 Å². The van der Waals surface area contributed by atoms with Gasteiger partial charge in [-0.15, -0.1) is 0 Å². The van der Waals surface area contributed by atoms with Crippen molar-refractivity contribution in [3.63, 3.8) is 0 Å². The van der Waals surface area contributed by atoms with Gasteiger partial charge in [0.2, 0.25) is 5.91 Å². The molecule has 1 aliphatic heterocycles. The fraction of sp³-hybridized carbons (Fsp3) is 0.438. The number of piperidine rings is 1. The van der Waals surface area contributed by atoms with Crippen LogP contribution >= 0.6 is 0 Å². The number of amides is 1. The predicted octanol–water partition coefficient (Wildman–Crippen LogP) is 1.43. The van der Waals surface area contributed by atoms with Crippen LogP contribution in [0.4, 0.5) is 0 Å². The Hall–Kier alpha value is -1.65. The third-order valence-electron chi connectivity index (χ3n) is 3.97. The van der Waals surface area contributed by atoms with Crippen molar-refractivity contribution in [3.05, 3.63) is 42.0 Å². The van der Waals surface area contributed by atoms with Gasteiger partial charge >= 0.3 is 0 Å². The Labute approximate surface area is 119 Å². The summed E-state index contributed by atoms with van der Waals surface area (Å²) in [5.41, 5.74) is -0.0941. The Morgan fingerprint density at radius 3 is 2.75 bits per heavy atom. The van der Waals surface area contributed by atoms with Crippen LogP contribution in [0.5, 0.6) is 0 Å². The monoisotopic (exact) mass is 275 g/mol. The summed E-state index contributed by atoms with van der Waals surface area (Å²) in [7, 11) is 0. The average molecular weight is 275 g/mol. The van der Waals surface area contributed by atoms with E-state index in [9.17, 15) is 15.0 Å². The molecule has 2 atom stereocenters. The largest absolute Gasteiger partial charge is 0.388 e. The van der Waals surface area contributed by atoms with Crippen LogP contribution in [0, 0.1) is 0 Å². The van der Waals surface area contributed by atoms with E-state index in [1.807, 2.05) is 37.3 Å². The minimum absolute atomic E-state index is 0.133. The lowest BCUT2D eigenvalue weighted by Gasteiger charge is -2.41. The van der Waals surface area contributed by atoms with Crippen LogP contribution in [0.2, 0.25) is 0 Å². The van der Waals surface area contributed by atoms with Crippen molar-refractivity contribution in [2.24, 2.45) is 0 Å². The molecule has 108 valence electrons. The van der Waals surface area contributed by atoms with Gasteiger partial charge in [0.1, 0.15) is 6.10 Å². The summed E-state index contributed by atoms with van der Waals surface area (Å²) in [6, 6.07) is 9.59. The number of β-amino-alcohol motifs (C(OH)–C–C–N with tert-alkyl or cyclic N) is 1. The van der Waals surface area contributed by atoms with Gasteiger partial charge in [-0.2, -0.15) is 0 Å². The number of hydrogen-bond donors (Lipinski definition) is 2. The second-order valence-electron chi connectivity index (χ2n) is 5.25. The molecule has 0 bridgehead atoms. The van der Waals surface area contributed by atoms with E-state index in [1.54, 1.807) is 11.0 Å². The van der Waals surface area contributed by atoms with Crippen molar-refractivity contribution >= 4 is 12.0 Å². The van der Waals surface area contributed by atoms with Crippen LogP contribution in [-0.2, 0) is 4.79 Å².